The SMILES string of the molecule is CC(C)OCC(C)(O)Cc1ccc(Br)cc1. The van der Waals surface area contributed by atoms with Gasteiger partial charge in [0.15, 0.2) is 0 Å². The van der Waals surface area contributed by atoms with E-state index in [4.69, 9.17) is 4.74 Å². The fraction of sp³-hybridized carbons (Fsp3) is 0.538. The first-order valence-electron chi connectivity index (χ1n) is 5.47. The molecule has 0 amide bonds. The number of hydrogen-bond donors (Lipinski definition) is 1. The van der Waals surface area contributed by atoms with Crippen molar-refractivity contribution in [3.05, 3.63) is 34.3 Å². The predicted molar refractivity (Wildman–Crippen MR) is 69.6 cm³/mol. The molecule has 0 spiro atoms. The third kappa shape index (κ3) is 5.10. The Kier molecular flexibility index (Phi) is 4.96. The van der Waals surface area contributed by atoms with Crippen LogP contribution >= 0.6 is 15.9 Å². The maximum atomic E-state index is 10.1. The van der Waals surface area contributed by atoms with E-state index in [1.54, 1.807) is 6.92 Å². The average Bonchev–Trinajstić information content (AvgIpc) is 2.19. The van der Waals surface area contributed by atoms with Gasteiger partial charge in [0.2, 0.25) is 0 Å². The molecule has 0 aliphatic rings. The smallest absolute Gasteiger partial charge is 0.0892 e. The normalized spacial score (nSPS) is 15.1. The molecule has 1 aromatic rings. The second-order valence-corrected chi connectivity index (χ2v) is 5.58. The van der Waals surface area contributed by atoms with Gasteiger partial charge in [0.05, 0.1) is 18.3 Å². The number of ether oxygens (including phenoxy) is 1. The van der Waals surface area contributed by atoms with Crippen LogP contribution in [0.1, 0.15) is 26.3 Å². The van der Waals surface area contributed by atoms with Crippen molar-refractivity contribution in [2.45, 2.75) is 38.9 Å². The summed E-state index contributed by atoms with van der Waals surface area (Å²) in [5, 5.41) is 10.1. The number of rotatable bonds is 5. The summed E-state index contributed by atoms with van der Waals surface area (Å²) in [4.78, 5) is 0. The van der Waals surface area contributed by atoms with Crippen molar-refractivity contribution in [2.24, 2.45) is 0 Å². The van der Waals surface area contributed by atoms with Crippen LogP contribution in [0.15, 0.2) is 28.7 Å². The zero-order valence-electron chi connectivity index (χ0n) is 10.0. The highest BCUT2D eigenvalue weighted by Crippen LogP contribution is 2.17. The van der Waals surface area contributed by atoms with E-state index in [1.807, 2.05) is 38.1 Å². The molecule has 0 aromatic heterocycles. The summed E-state index contributed by atoms with van der Waals surface area (Å²) in [5.74, 6) is 0. The third-order valence-corrected chi connectivity index (χ3v) is 2.75. The first-order valence-corrected chi connectivity index (χ1v) is 6.27. The Bertz CT molecular complexity index is 317. The predicted octanol–water partition coefficient (Wildman–Crippen LogP) is 3.17. The number of halogens is 1. The van der Waals surface area contributed by atoms with E-state index in [0.717, 1.165) is 10.0 Å². The second-order valence-electron chi connectivity index (χ2n) is 4.66. The van der Waals surface area contributed by atoms with E-state index in [1.165, 1.54) is 0 Å². The maximum Gasteiger partial charge on any atom is 0.0892 e. The Labute approximate surface area is 106 Å². The van der Waals surface area contributed by atoms with Gasteiger partial charge in [-0.1, -0.05) is 28.1 Å². The lowest BCUT2D eigenvalue weighted by atomic mass is 9.97. The van der Waals surface area contributed by atoms with Crippen LogP contribution in [-0.2, 0) is 11.2 Å². The molecule has 0 saturated heterocycles. The maximum absolute atomic E-state index is 10.1. The second kappa shape index (κ2) is 5.80. The van der Waals surface area contributed by atoms with E-state index < -0.39 is 5.60 Å². The molecule has 0 saturated carbocycles. The first kappa shape index (κ1) is 13.7. The van der Waals surface area contributed by atoms with Crippen LogP contribution in [0.25, 0.3) is 0 Å². The molecular weight excluding hydrogens is 268 g/mol. The highest BCUT2D eigenvalue weighted by Gasteiger charge is 2.21. The van der Waals surface area contributed by atoms with Crippen molar-refractivity contribution < 1.29 is 9.84 Å². The van der Waals surface area contributed by atoms with Crippen LogP contribution in [0.2, 0.25) is 0 Å². The van der Waals surface area contributed by atoms with Gasteiger partial charge in [-0.15, -0.1) is 0 Å². The summed E-state index contributed by atoms with van der Waals surface area (Å²) < 4.78 is 6.49. The first-order chi connectivity index (χ1) is 7.39. The number of aliphatic hydroxyl groups is 1. The van der Waals surface area contributed by atoms with Crippen molar-refractivity contribution in [2.75, 3.05) is 6.61 Å². The summed E-state index contributed by atoms with van der Waals surface area (Å²) in [6, 6.07) is 7.98. The molecule has 1 N–H and O–H groups in total. The van der Waals surface area contributed by atoms with Crippen molar-refractivity contribution in [3.8, 4) is 0 Å². The fourth-order valence-electron chi connectivity index (χ4n) is 1.44. The van der Waals surface area contributed by atoms with Gasteiger partial charge in [0.1, 0.15) is 0 Å². The van der Waals surface area contributed by atoms with E-state index >= 15 is 0 Å². The lowest BCUT2D eigenvalue weighted by molar-refractivity contribution is -0.0529. The van der Waals surface area contributed by atoms with Crippen LogP contribution in [0.3, 0.4) is 0 Å². The van der Waals surface area contributed by atoms with Crippen molar-refractivity contribution in [1.29, 1.82) is 0 Å². The minimum absolute atomic E-state index is 0.149. The zero-order chi connectivity index (χ0) is 12.2. The van der Waals surface area contributed by atoms with Gasteiger partial charge in [-0.25, -0.2) is 0 Å². The van der Waals surface area contributed by atoms with Crippen LogP contribution in [0, 0.1) is 0 Å². The molecule has 3 heteroatoms. The van der Waals surface area contributed by atoms with Crippen molar-refractivity contribution in [1.82, 2.24) is 0 Å². The Morgan fingerprint density at radius 1 is 1.31 bits per heavy atom. The van der Waals surface area contributed by atoms with Crippen molar-refractivity contribution >= 4 is 15.9 Å². The molecule has 1 atom stereocenters. The molecule has 1 unspecified atom stereocenters. The molecule has 1 aromatic carbocycles. The highest BCUT2D eigenvalue weighted by atomic mass is 79.9. The number of benzene rings is 1. The Morgan fingerprint density at radius 3 is 2.38 bits per heavy atom. The Balaban J connectivity index is 2.54. The van der Waals surface area contributed by atoms with Gasteiger partial charge in [-0.3, -0.25) is 0 Å². The molecule has 0 aliphatic carbocycles. The summed E-state index contributed by atoms with van der Waals surface area (Å²) in [5.41, 5.74) is 0.304. The monoisotopic (exact) mass is 286 g/mol. The Morgan fingerprint density at radius 2 is 1.88 bits per heavy atom. The van der Waals surface area contributed by atoms with E-state index in [2.05, 4.69) is 15.9 Å². The van der Waals surface area contributed by atoms with Gasteiger partial charge in [-0.2, -0.15) is 0 Å². The lowest BCUT2D eigenvalue weighted by Crippen LogP contribution is -2.34. The summed E-state index contributed by atoms with van der Waals surface area (Å²) in [6.45, 7) is 6.10. The third-order valence-electron chi connectivity index (χ3n) is 2.23. The van der Waals surface area contributed by atoms with Gasteiger partial charge in [-0.05, 0) is 38.5 Å². The number of hydrogen-bond acceptors (Lipinski definition) is 2. The van der Waals surface area contributed by atoms with E-state index in [9.17, 15) is 5.11 Å². The van der Waals surface area contributed by atoms with Crippen LogP contribution in [0.5, 0.6) is 0 Å². The minimum atomic E-state index is -0.807. The van der Waals surface area contributed by atoms with Gasteiger partial charge in [0.25, 0.3) is 0 Å². The largest absolute Gasteiger partial charge is 0.387 e. The fourth-order valence-corrected chi connectivity index (χ4v) is 1.70. The van der Waals surface area contributed by atoms with Crippen LogP contribution in [0.4, 0.5) is 0 Å². The molecule has 0 bridgehead atoms. The molecule has 0 heterocycles. The van der Waals surface area contributed by atoms with E-state index in [-0.39, 0.29) is 6.10 Å². The minimum Gasteiger partial charge on any atom is -0.387 e. The topological polar surface area (TPSA) is 29.5 Å². The molecule has 0 fully saturated rings. The van der Waals surface area contributed by atoms with Crippen LogP contribution < -0.4 is 0 Å². The van der Waals surface area contributed by atoms with Gasteiger partial charge < -0.3 is 9.84 Å². The Hall–Kier alpha value is -0.380. The lowest BCUT2D eigenvalue weighted by Gasteiger charge is -2.24. The average molecular weight is 287 g/mol. The zero-order valence-corrected chi connectivity index (χ0v) is 11.6. The molecule has 0 aliphatic heterocycles. The summed E-state index contributed by atoms with van der Waals surface area (Å²) in [6.07, 6.45) is 0.754. The summed E-state index contributed by atoms with van der Waals surface area (Å²) >= 11 is 3.39. The van der Waals surface area contributed by atoms with Crippen molar-refractivity contribution in [3.63, 3.8) is 0 Å². The molecule has 2 nitrogen and oxygen atoms in total. The highest BCUT2D eigenvalue weighted by molar-refractivity contribution is 9.10. The van der Waals surface area contributed by atoms with Gasteiger partial charge in [0, 0.05) is 10.9 Å². The summed E-state index contributed by atoms with van der Waals surface area (Å²) in [7, 11) is 0. The molecule has 1 rings (SSSR count). The molecule has 0 radical (unpaired) electrons. The van der Waals surface area contributed by atoms with E-state index in [0.29, 0.717) is 13.0 Å². The molecular formula is C13H19BrO2. The van der Waals surface area contributed by atoms with Crippen LogP contribution in [-0.4, -0.2) is 23.4 Å². The quantitative estimate of drug-likeness (QED) is 0.901. The standard InChI is InChI=1S/C13H19BrO2/c1-10(2)16-9-13(3,15)8-11-4-6-12(14)7-5-11/h4-7,10,15H,8-9H2,1-3H3. The molecule has 16 heavy (non-hydrogen) atoms. The molecule has 90 valence electrons. The van der Waals surface area contributed by atoms with Gasteiger partial charge >= 0.3 is 0 Å².